The van der Waals surface area contributed by atoms with Gasteiger partial charge >= 0.3 is 6.03 Å². The molecule has 4 rings (SSSR count). The summed E-state index contributed by atoms with van der Waals surface area (Å²) in [6.45, 7) is 13.2. The Hall–Kier alpha value is -2.01. The summed E-state index contributed by atoms with van der Waals surface area (Å²) in [5.41, 5.74) is 6.97. The molecule has 0 bridgehead atoms. The molecule has 1 aromatic carbocycles. The first-order chi connectivity index (χ1) is 13.8. The predicted molar refractivity (Wildman–Crippen MR) is 120 cm³/mol. The Morgan fingerprint density at radius 3 is 2.69 bits per heavy atom. The van der Waals surface area contributed by atoms with Crippen LogP contribution in [0.5, 0.6) is 0 Å². The van der Waals surface area contributed by atoms with Gasteiger partial charge in [0.2, 0.25) is 0 Å². The number of rotatable bonds is 4. The summed E-state index contributed by atoms with van der Waals surface area (Å²) in [4.78, 5) is 20.7. The van der Waals surface area contributed by atoms with Gasteiger partial charge in [-0.15, -0.1) is 0 Å². The summed E-state index contributed by atoms with van der Waals surface area (Å²) in [5, 5.41) is 4.76. The van der Waals surface area contributed by atoms with Gasteiger partial charge in [-0.05, 0) is 69.3 Å². The molecule has 1 aliphatic carbocycles. The average Bonchev–Trinajstić information content (AvgIpc) is 2.99. The van der Waals surface area contributed by atoms with Crippen LogP contribution in [0, 0.1) is 6.92 Å². The van der Waals surface area contributed by atoms with Gasteiger partial charge in [-0.1, -0.05) is 19.9 Å². The standard InChI is InChI=1S/C24H36N4O/c1-7-28(8-2)24(29)26-17-11-19-20-9-16(14(3)4)10-21-23(20)18(15(5)25-21)12-22(19)27(6)13-17/h9-10,14,17,19,22,25H,7-8,11-13H2,1-6H3,(H,26,29)/t17-,19+,22+/m0/s1. The summed E-state index contributed by atoms with van der Waals surface area (Å²) in [6, 6.07) is 5.55. The van der Waals surface area contributed by atoms with Crippen LogP contribution >= 0.6 is 0 Å². The molecular weight excluding hydrogens is 360 g/mol. The summed E-state index contributed by atoms with van der Waals surface area (Å²) in [7, 11) is 2.23. The Kier molecular flexibility index (Phi) is 5.36. The number of nitrogens with zero attached hydrogens (tertiary/aromatic N) is 2. The van der Waals surface area contributed by atoms with Crippen LogP contribution in [-0.4, -0.2) is 59.6 Å². The van der Waals surface area contributed by atoms with Crippen molar-refractivity contribution >= 4 is 16.9 Å². The van der Waals surface area contributed by atoms with Crippen LogP contribution < -0.4 is 5.32 Å². The number of carbonyl (C=O) groups is 1. The number of fused-ring (bicyclic) bond motifs is 2. The Balaban J connectivity index is 1.70. The molecule has 1 saturated heterocycles. The number of amides is 2. The van der Waals surface area contributed by atoms with Gasteiger partial charge in [0.05, 0.1) is 0 Å². The minimum atomic E-state index is 0.0712. The highest BCUT2D eigenvalue weighted by Gasteiger charge is 2.40. The maximum absolute atomic E-state index is 12.7. The number of likely N-dealkylation sites (N-methyl/N-ethyl adjacent to an activating group) is 1. The van der Waals surface area contributed by atoms with Crippen molar-refractivity contribution in [1.29, 1.82) is 0 Å². The zero-order valence-corrected chi connectivity index (χ0v) is 18.8. The van der Waals surface area contributed by atoms with E-state index in [1.54, 1.807) is 0 Å². The van der Waals surface area contributed by atoms with E-state index in [4.69, 9.17) is 0 Å². The van der Waals surface area contributed by atoms with Crippen molar-refractivity contribution in [2.45, 2.75) is 71.4 Å². The first-order valence-electron chi connectivity index (χ1n) is 11.2. The molecule has 5 heteroatoms. The molecule has 2 N–H and O–H groups in total. The number of likely N-dealkylation sites (tertiary alicyclic amines) is 1. The molecule has 3 atom stereocenters. The molecule has 2 aliphatic rings. The average molecular weight is 397 g/mol. The van der Waals surface area contributed by atoms with Crippen molar-refractivity contribution in [2.24, 2.45) is 0 Å². The zero-order chi connectivity index (χ0) is 20.9. The molecule has 0 radical (unpaired) electrons. The Bertz CT molecular complexity index is 911. The molecule has 1 aliphatic heterocycles. The van der Waals surface area contributed by atoms with Gasteiger partial charge in [-0.2, -0.15) is 0 Å². The molecule has 0 spiro atoms. The van der Waals surface area contributed by atoms with E-state index in [0.29, 0.717) is 17.9 Å². The van der Waals surface area contributed by atoms with Crippen LogP contribution in [0.4, 0.5) is 4.79 Å². The number of carbonyl (C=O) groups excluding carboxylic acids is 1. The number of aromatic nitrogens is 1. The third kappa shape index (κ3) is 3.43. The summed E-state index contributed by atoms with van der Waals surface area (Å²) in [5.74, 6) is 0.960. The molecule has 5 nitrogen and oxygen atoms in total. The molecule has 1 fully saturated rings. The van der Waals surface area contributed by atoms with E-state index in [9.17, 15) is 4.79 Å². The Morgan fingerprint density at radius 2 is 2.03 bits per heavy atom. The third-order valence-corrected chi connectivity index (χ3v) is 7.20. The Morgan fingerprint density at radius 1 is 1.31 bits per heavy atom. The fraction of sp³-hybridized carbons (Fsp3) is 0.625. The van der Waals surface area contributed by atoms with Crippen molar-refractivity contribution in [2.75, 3.05) is 26.7 Å². The first kappa shape index (κ1) is 20.3. The number of hydrogen-bond donors (Lipinski definition) is 2. The number of urea groups is 1. The van der Waals surface area contributed by atoms with Gasteiger partial charge in [0.25, 0.3) is 0 Å². The summed E-state index contributed by atoms with van der Waals surface area (Å²) in [6.07, 6.45) is 2.11. The second kappa shape index (κ2) is 7.67. The van der Waals surface area contributed by atoms with Gasteiger partial charge in [0.1, 0.15) is 0 Å². The van der Waals surface area contributed by atoms with E-state index in [2.05, 4.69) is 55.2 Å². The fourth-order valence-electron chi connectivity index (χ4n) is 5.52. The van der Waals surface area contributed by atoms with Crippen molar-refractivity contribution in [3.05, 3.63) is 34.5 Å². The molecule has 0 unspecified atom stereocenters. The van der Waals surface area contributed by atoms with E-state index in [-0.39, 0.29) is 12.1 Å². The molecule has 158 valence electrons. The number of aryl methyl sites for hydroxylation is 1. The number of benzene rings is 1. The summed E-state index contributed by atoms with van der Waals surface area (Å²) < 4.78 is 0. The van der Waals surface area contributed by atoms with Crippen LogP contribution in [0.15, 0.2) is 12.1 Å². The molecule has 0 saturated carbocycles. The molecule has 29 heavy (non-hydrogen) atoms. The largest absolute Gasteiger partial charge is 0.358 e. The lowest BCUT2D eigenvalue weighted by molar-refractivity contribution is 0.124. The van der Waals surface area contributed by atoms with Crippen LogP contribution in [-0.2, 0) is 6.42 Å². The smallest absolute Gasteiger partial charge is 0.317 e. The summed E-state index contributed by atoms with van der Waals surface area (Å²) >= 11 is 0. The van der Waals surface area contributed by atoms with Gasteiger partial charge in [-0.25, -0.2) is 4.79 Å². The van der Waals surface area contributed by atoms with E-state index in [1.165, 1.54) is 33.3 Å². The highest BCUT2D eigenvalue weighted by atomic mass is 16.2. The predicted octanol–water partition coefficient (Wildman–Crippen LogP) is 4.36. The highest BCUT2D eigenvalue weighted by Crippen LogP contribution is 2.45. The number of aromatic amines is 1. The second-order valence-electron chi connectivity index (χ2n) is 9.29. The number of nitrogens with one attached hydrogen (secondary N) is 2. The topological polar surface area (TPSA) is 51.4 Å². The number of H-pyrrole nitrogens is 1. The van der Waals surface area contributed by atoms with Gasteiger partial charge in [0, 0.05) is 54.2 Å². The molecule has 2 amide bonds. The van der Waals surface area contributed by atoms with Crippen LogP contribution in [0.1, 0.15) is 68.3 Å². The van der Waals surface area contributed by atoms with Crippen molar-refractivity contribution in [3.8, 4) is 0 Å². The number of hydrogen-bond acceptors (Lipinski definition) is 2. The van der Waals surface area contributed by atoms with Gasteiger partial charge in [0.15, 0.2) is 0 Å². The van der Waals surface area contributed by atoms with Crippen molar-refractivity contribution in [3.63, 3.8) is 0 Å². The third-order valence-electron chi connectivity index (χ3n) is 7.20. The lowest BCUT2D eigenvalue weighted by Crippen LogP contribution is -2.56. The lowest BCUT2D eigenvalue weighted by Gasteiger charge is -2.46. The van der Waals surface area contributed by atoms with Crippen molar-refractivity contribution in [1.82, 2.24) is 20.1 Å². The van der Waals surface area contributed by atoms with Crippen molar-refractivity contribution < 1.29 is 4.79 Å². The highest BCUT2D eigenvalue weighted by molar-refractivity contribution is 5.90. The van der Waals surface area contributed by atoms with E-state index in [1.807, 2.05) is 18.7 Å². The first-order valence-corrected chi connectivity index (χ1v) is 11.2. The van der Waals surface area contributed by atoms with E-state index < -0.39 is 0 Å². The quantitative estimate of drug-likeness (QED) is 0.807. The lowest BCUT2D eigenvalue weighted by atomic mass is 9.73. The van der Waals surface area contributed by atoms with Crippen LogP contribution in [0.3, 0.4) is 0 Å². The number of piperidine rings is 1. The van der Waals surface area contributed by atoms with Crippen LogP contribution in [0.2, 0.25) is 0 Å². The van der Waals surface area contributed by atoms with Gasteiger partial charge < -0.3 is 20.1 Å². The van der Waals surface area contributed by atoms with E-state index in [0.717, 1.165) is 32.5 Å². The Labute approximate surface area is 174 Å². The second-order valence-corrected chi connectivity index (χ2v) is 9.29. The minimum absolute atomic E-state index is 0.0712. The fourth-order valence-corrected chi connectivity index (χ4v) is 5.52. The normalized spacial score (nSPS) is 24.0. The van der Waals surface area contributed by atoms with E-state index >= 15 is 0 Å². The SMILES string of the molecule is CCN(CC)C(=O)N[C@H]1C[C@@H]2c3cc(C(C)C)cc4[nH]c(C)c(c34)C[C@H]2N(C)C1. The maximum atomic E-state index is 12.7. The monoisotopic (exact) mass is 396 g/mol. The van der Waals surface area contributed by atoms with Crippen LogP contribution in [0.25, 0.3) is 10.9 Å². The minimum Gasteiger partial charge on any atom is -0.358 e. The molecule has 2 heterocycles. The molecule has 2 aromatic rings. The zero-order valence-electron chi connectivity index (χ0n) is 18.8. The molecule has 1 aromatic heterocycles. The van der Waals surface area contributed by atoms with Gasteiger partial charge in [-0.3, -0.25) is 0 Å². The molecular formula is C24H36N4O. The maximum Gasteiger partial charge on any atom is 0.317 e.